The molecule has 27 heavy (non-hydrogen) atoms. The van der Waals surface area contributed by atoms with Gasteiger partial charge in [-0.1, -0.05) is 61.9 Å². The summed E-state index contributed by atoms with van der Waals surface area (Å²) in [5.74, 6) is 0.972. The van der Waals surface area contributed by atoms with E-state index in [1.54, 1.807) is 0 Å². The molecule has 0 aliphatic heterocycles. The zero-order valence-electron chi connectivity index (χ0n) is 16.7. The van der Waals surface area contributed by atoms with Crippen LogP contribution in [0.1, 0.15) is 37.0 Å². The molecule has 2 aromatic rings. The van der Waals surface area contributed by atoms with Gasteiger partial charge in [-0.3, -0.25) is 0 Å². The largest absolute Gasteiger partial charge is 0.489 e. The van der Waals surface area contributed by atoms with E-state index in [9.17, 15) is 0 Å². The van der Waals surface area contributed by atoms with Crippen LogP contribution in [0.5, 0.6) is 5.75 Å². The normalized spacial score (nSPS) is 10.2. The van der Waals surface area contributed by atoms with E-state index in [4.69, 9.17) is 4.74 Å². The molecule has 0 heterocycles. The van der Waals surface area contributed by atoms with Crippen molar-refractivity contribution in [3.8, 4) is 5.75 Å². The monoisotopic (exact) mass is 412 g/mol. The third-order valence-electron chi connectivity index (χ3n) is 4.53. The Bertz CT molecular complexity index is 616. The summed E-state index contributed by atoms with van der Waals surface area (Å²) in [6.45, 7) is 12.5. The molecule has 0 spiro atoms. The van der Waals surface area contributed by atoms with Crippen molar-refractivity contribution in [3.63, 3.8) is 0 Å². The van der Waals surface area contributed by atoms with Crippen molar-refractivity contribution in [2.75, 3.05) is 26.2 Å². The van der Waals surface area contributed by atoms with Gasteiger partial charge in [-0.2, -0.15) is 0 Å². The number of hydrogen-bond donors (Lipinski definition) is 1. The molecule has 0 aromatic heterocycles. The van der Waals surface area contributed by atoms with Crippen LogP contribution in [-0.2, 0) is 13.2 Å². The Hall–Kier alpha value is -1.26. The lowest BCUT2D eigenvalue weighted by atomic mass is 10.1. The maximum atomic E-state index is 6.04. The SMILES string of the molecule is CCN(CC)CCCNCc1ccccc1OCc1ccc(C)cc1.Cl.Cl. The third kappa shape index (κ3) is 9.48. The quantitative estimate of drug-likeness (QED) is 0.510. The third-order valence-corrected chi connectivity index (χ3v) is 4.53. The molecule has 0 bridgehead atoms. The first-order valence-electron chi connectivity index (χ1n) is 9.42. The fraction of sp³-hybridized carbons (Fsp3) is 0.455. The van der Waals surface area contributed by atoms with Crippen molar-refractivity contribution in [3.05, 3.63) is 65.2 Å². The molecule has 0 unspecified atom stereocenters. The summed E-state index contributed by atoms with van der Waals surface area (Å²) in [6, 6.07) is 16.8. The molecule has 3 nitrogen and oxygen atoms in total. The lowest BCUT2D eigenvalue weighted by Gasteiger charge is -2.18. The van der Waals surface area contributed by atoms with E-state index >= 15 is 0 Å². The van der Waals surface area contributed by atoms with Crippen molar-refractivity contribution in [1.82, 2.24) is 10.2 Å². The van der Waals surface area contributed by atoms with Crippen LogP contribution in [-0.4, -0.2) is 31.1 Å². The summed E-state index contributed by atoms with van der Waals surface area (Å²) < 4.78 is 6.04. The molecule has 2 rings (SSSR count). The van der Waals surface area contributed by atoms with Gasteiger partial charge in [0.1, 0.15) is 12.4 Å². The van der Waals surface area contributed by atoms with Crippen molar-refractivity contribution in [1.29, 1.82) is 0 Å². The molecule has 0 amide bonds. The van der Waals surface area contributed by atoms with Crippen molar-refractivity contribution in [2.45, 2.75) is 40.3 Å². The number of ether oxygens (including phenoxy) is 1. The standard InChI is InChI=1S/C22H32N2O.2ClH/c1-4-24(5-2)16-8-15-23-17-21-9-6-7-10-22(21)25-18-20-13-11-19(3)12-14-20;;/h6-7,9-14,23H,4-5,8,15-18H2,1-3H3;2*1H. The van der Waals surface area contributed by atoms with Crippen LogP contribution >= 0.6 is 24.8 Å². The predicted octanol–water partition coefficient (Wildman–Crippen LogP) is 5.24. The van der Waals surface area contributed by atoms with Crippen LogP contribution < -0.4 is 10.1 Å². The van der Waals surface area contributed by atoms with Gasteiger partial charge in [-0.15, -0.1) is 24.8 Å². The highest BCUT2D eigenvalue weighted by Gasteiger charge is 2.04. The second-order valence-electron chi connectivity index (χ2n) is 6.44. The van der Waals surface area contributed by atoms with Crippen LogP contribution in [0.25, 0.3) is 0 Å². The molecule has 5 heteroatoms. The number of halogens is 2. The Labute approximate surface area is 177 Å². The summed E-state index contributed by atoms with van der Waals surface area (Å²) in [6.07, 6.45) is 1.17. The number of nitrogens with one attached hydrogen (secondary N) is 1. The molecule has 0 aliphatic carbocycles. The number of aryl methyl sites for hydroxylation is 1. The van der Waals surface area contributed by atoms with E-state index in [1.165, 1.54) is 23.1 Å². The highest BCUT2D eigenvalue weighted by atomic mass is 35.5. The molecule has 152 valence electrons. The maximum Gasteiger partial charge on any atom is 0.124 e. The van der Waals surface area contributed by atoms with E-state index in [2.05, 4.69) is 73.5 Å². The van der Waals surface area contributed by atoms with Crippen molar-refractivity contribution < 1.29 is 4.74 Å². The second kappa shape index (κ2) is 14.8. The Kier molecular flexibility index (Phi) is 14.1. The molecule has 0 fully saturated rings. The minimum absolute atomic E-state index is 0. The van der Waals surface area contributed by atoms with Gasteiger partial charge in [0.15, 0.2) is 0 Å². The lowest BCUT2D eigenvalue weighted by molar-refractivity contribution is 0.295. The molecule has 2 aromatic carbocycles. The van der Waals surface area contributed by atoms with Crippen molar-refractivity contribution >= 4 is 24.8 Å². The van der Waals surface area contributed by atoms with Gasteiger partial charge < -0.3 is 15.0 Å². The van der Waals surface area contributed by atoms with E-state index < -0.39 is 0 Å². The summed E-state index contributed by atoms with van der Waals surface area (Å²) in [5.41, 5.74) is 3.70. The second-order valence-corrected chi connectivity index (χ2v) is 6.44. The van der Waals surface area contributed by atoms with E-state index in [-0.39, 0.29) is 24.8 Å². The predicted molar refractivity (Wildman–Crippen MR) is 121 cm³/mol. The molecule has 1 N–H and O–H groups in total. The van der Waals surface area contributed by atoms with Crippen LogP contribution in [0.4, 0.5) is 0 Å². The maximum absolute atomic E-state index is 6.04. The lowest BCUT2D eigenvalue weighted by Crippen LogP contribution is -2.27. The Morgan fingerprint density at radius 1 is 0.926 bits per heavy atom. The fourth-order valence-electron chi connectivity index (χ4n) is 2.83. The van der Waals surface area contributed by atoms with Gasteiger partial charge in [0.25, 0.3) is 0 Å². The first-order chi connectivity index (χ1) is 12.2. The minimum atomic E-state index is 0. The molecule has 0 radical (unpaired) electrons. The average Bonchev–Trinajstić information content (AvgIpc) is 2.65. The Morgan fingerprint density at radius 3 is 2.26 bits per heavy atom. The Balaban J connectivity index is 0.00000338. The van der Waals surface area contributed by atoms with Crippen LogP contribution in [0.3, 0.4) is 0 Å². The smallest absolute Gasteiger partial charge is 0.124 e. The summed E-state index contributed by atoms with van der Waals surface area (Å²) in [4.78, 5) is 2.46. The van der Waals surface area contributed by atoms with Gasteiger partial charge in [-0.25, -0.2) is 0 Å². The molecular weight excluding hydrogens is 379 g/mol. The van der Waals surface area contributed by atoms with E-state index in [0.29, 0.717) is 6.61 Å². The van der Waals surface area contributed by atoms with E-state index in [1.807, 2.05) is 6.07 Å². The number of para-hydroxylation sites is 1. The van der Waals surface area contributed by atoms with E-state index in [0.717, 1.165) is 38.5 Å². The average molecular weight is 413 g/mol. The fourth-order valence-corrected chi connectivity index (χ4v) is 2.83. The molecular formula is C22H34Cl2N2O. The number of nitrogens with zero attached hydrogens (tertiary/aromatic N) is 1. The summed E-state index contributed by atoms with van der Waals surface area (Å²) in [5, 5.41) is 3.54. The van der Waals surface area contributed by atoms with Gasteiger partial charge in [0.2, 0.25) is 0 Å². The summed E-state index contributed by atoms with van der Waals surface area (Å²) >= 11 is 0. The van der Waals surface area contributed by atoms with Gasteiger partial charge in [0, 0.05) is 12.1 Å². The Morgan fingerprint density at radius 2 is 1.59 bits per heavy atom. The highest BCUT2D eigenvalue weighted by Crippen LogP contribution is 2.19. The molecule has 0 atom stereocenters. The molecule has 0 saturated heterocycles. The van der Waals surface area contributed by atoms with Crippen LogP contribution in [0.15, 0.2) is 48.5 Å². The zero-order valence-corrected chi connectivity index (χ0v) is 18.4. The van der Waals surface area contributed by atoms with Crippen LogP contribution in [0.2, 0.25) is 0 Å². The minimum Gasteiger partial charge on any atom is -0.489 e. The zero-order chi connectivity index (χ0) is 17.9. The van der Waals surface area contributed by atoms with Gasteiger partial charge >= 0.3 is 0 Å². The number of hydrogen-bond acceptors (Lipinski definition) is 3. The number of benzene rings is 2. The highest BCUT2D eigenvalue weighted by molar-refractivity contribution is 5.85. The first kappa shape index (κ1) is 25.7. The molecule has 0 aliphatic rings. The summed E-state index contributed by atoms with van der Waals surface area (Å²) in [7, 11) is 0. The van der Waals surface area contributed by atoms with Crippen LogP contribution in [0, 0.1) is 6.92 Å². The number of rotatable bonds is 11. The first-order valence-corrected chi connectivity index (χ1v) is 9.42. The van der Waals surface area contributed by atoms with Crippen molar-refractivity contribution in [2.24, 2.45) is 0 Å². The topological polar surface area (TPSA) is 24.5 Å². The molecule has 0 saturated carbocycles. The van der Waals surface area contributed by atoms with Gasteiger partial charge in [0.05, 0.1) is 0 Å². The van der Waals surface area contributed by atoms with Gasteiger partial charge in [-0.05, 0) is 51.2 Å².